The van der Waals surface area contributed by atoms with E-state index in [1.807, 2.05) is 62.5 Å². The van der Waals surface area contributed by atoms with Crippen molar-refractivity contribution >= 4 is 11.9 Å². The minimum Gasteiger partial charge on any atom is -0.481 e. The number of aliphatic carboxylic acids is 1. The van der Waals surface area contributed by atoms with E-state index in [0.29, 0.717) is 6.42 Å². The first-order valence-corrected chi connectivity index (χ1v) is 22.5. The van der Waals surface area contributed by atoms with Crippen LogP contribution >= 0.6 is 0 Å². The Kier molecular flexibility index (Phi) is 25.5. The van der Waals surface area contributed by atoms with Crippen LogP contribution in [0.3, 0.4) is 0 Å². The van der Waals surface area contributed by atoms with Gasteiger partial charge in [0.15, 0.2) is 12.1 Å². The zero-order valence-corrected chi connectivity index (χ0v) is 37.8. The molecule has 18 atom stereocenters. The van der Waals surface area contributed by atoms with Crippen LogP contribution in [0, 0.1) is 23.7 Å². The zero-order chi connectivity index (χ0) is 47.6. The van der Waals surface area contributed by atoms with Crippen molar-refractivity contribution in [1.29, 1.82) is 0 Å². The molecule has 3 rings (SSSR count). The average Bonchev–Trinajstić information content (AvgIpc) is 3.20. The number of carboxylic acids is 1. The molecule has 370 valence electrons. The molecule has 0 amide bonds. The van der Waals surface area contributed by atoms with Crippen molar-refractivity contribution in [1.82, 2.24) is 0 Å². The molecule has 11 N–H and O–H groups in total. The summed E-state index contributed by atoms with van der Waals surface area (Å²) in [5, 5.41) is 97.4. The van der Waals surface area contributed by atoms with Gasteiger partial charge < -0.3 is 70.6 Å². The molecule has 0 aromatic carbocycles. The second kappa shape index (κ2) is 28.7. The number of cyclic esters (lactones) is 1. The summed E-state index contributed by atoms with van der Waals surface area (Å²) < 4.78 is 23.6. The zero-order valence-electron chi connectivity index (χ0n) is 37.8. The number of fused-ring (bicyclic) bond motifs is 2. The lowest BCUT2D eigenvalue weighted by atomic mass is 9.82. The van der Waals surface area contributed by atoms with E-state index in [1.54, 1.807) is 57.2 Å². The van der Waals surface area contributed by atoms with E-state index < -0.39 is 116 Å². The maximum absolute atomic E-state index is 12.6. The van der Waals surface area contributed by atoms with E-state index in [1.165, 1.54) is 0 Å². The highest BCUT2D eigenvalue weighted by molar-refractivity contribution is 5.71. The predicted molar refractivity (Wildman–Crippen MR) is 245 cm³/mol. The van der Waals surface area contributed by atoms with E-state index in [2.05, 4.69) is 0 Å². The molecule has 2 saturated heterocycles. The first-order chi connectivity index (χ1) is 30.2. The van der Waals surface area contributed by atoms with Crippen molar-refractivity contribution in [3.8, 4) is 0 Å². The topological polar surface area (TPSA) is 279 Å². The summed E-state index contributed by atoms with van der Waals surface area (Å²) >= 11 is 0. The van der Waals surface area contributed by atoms with Gasteiger partial charge in [0.05, 0.1) is 61.4 Å². The summed E-state index contributed by atoms with van der Waals surface area (Å²) in [6, 6.07) is -0.684. The summed E-state index contributed by atoms with van der Waals surface area (Å²) in [5.41, 5.74) is 6.27. The van der Waals surface area contributed by atoms with Crippen LogP contribution in [0.15, 0.2) is 85.1 Å². The summed E-state index contributed by atoms with van der Waals surface area (Å²) in [4.78, 5) is 25.1. The predicted octanol–water partition coefficient (Wildman–Crippen LogP) is 3.65. The molecule has 16 heteroatoms. The van der Waals surface area contributed by atoms with Gasteiger partial charge in [-0.15, -0.1) is 0 Å². The third kappa shape index (κ3) is 19.8. The molecule has 16 nitrogen and oxygen atoms in total. The number of allylic oxidation sites excluding steroid dienone is 12. The highest BCUT2D eigenvalue weighted by Crippen LogP contribution is 2.38. The van der Waals surface area contributed by atoms with Crippen LogP contribution in [0.5, 0.6) is 0 Å². The van der Waals surface area contributed by atoms with Gasteiger partial charge in [0.2, 0.25) is 0 Å². The first kappa shape index (κ1) is 57.8. The molecule has 65 heavy (non-hydrogen) atoms. The van der Waals surface area contributed by atoms with Crippen molar-refractivity contribution in [2.45, 2.75) is 185 Å². The maximum Gasteiger partial charge on any atom is 0.311 e. The van der Waals surface area contributed by atoms with Crippen molar-refractivity contribution in [3.63, 3.8) is 0 Å². The van der Waals surface area contributed by atoms with Crippen molar-refractivity contribution in [2.75, 3.05) is 0 Å². The quantitative estimate of drug-likeness (QED) is 0.181. The van der Waals surface area contributed by atoms with Gasteiger partial charge in [-0.2, -0.15) is 0 Å². The summed E-state index contributed by atoms with van der Waals surface area (Å²) in [7, 11) is 0. The fraction of sp³-hybridized carbons (Fsp3) is 0.673. The lowest BCUT2D eigenvalue weighted by Crippen LogP contribution is -2.58. The van der Waals surface area contributed by atoms with Gasteiger partial charge in [-0.25, -0.2) is 0 Å². The molecule has 3 aliphatic heterocycles. The number of rotatable bonds is 3. The van der Waals surface area contributed by atoms with Crippen molar-refractivity contribution < 1.29 is 74.5 Å². The molecule has 0 aliphatic carbocycles. The van der Waals surface area contributed by atoms with Crippen molar-refractivity contribution in [2.24, 2.45) is 29.4 Å². The van der Waals surface area contributed by atoms with Crippen LogP contribution in [-0.4, -0.2) is 143 Å². The number of esters is 1. The van der Waals surface area contributed by atoms with Gasteiger partial charge in [-0.1, -0.05) is 113 Å². The Labute approximate surface area is 385 Å². The van der Waals surface area contributed by atoms with Crippen LogP contribution in [0.1, 0.15) is 99.8 Å². The Morgan fingerprint density at radius 2 is 1.22 bits per heavy atom. The monoisotopic (exact) mass is 922 g/mol. The molecule has 3 heterocycles. The average molecular weight is 922 g/mol. The molecule has 5 unspecified atom stereocenters. The Morgan fingerprint density at radius 3 is 1.77 bits per heavy atom. The fourth-order valence-electron chi connectivity index (χ4n) is 8.15. The number of aliphatic hydroxyl groups is 8. The van der Waals surface area contributed by atoms with Gasteiger partial charge in [0, 0.05) is 37.1 Å². The molecule has 2 fully saturated rings. The highest BCUT2D eigenvalue weighted by Gasteiger charge is 2.50. The smallest absolute Gasteiger partial charge is 0.311 e. The summed E-state index contributed by atoms with van der Waals surface area (Å²) in [5.74, 6) is -6.62. The number of carboxylic acid groups (broad SMARTS) is 1. The number of carbonyl (C=O) groups excluding carboxylic acids is 1. The first-order valence-electron chi connectivity index (χ1n) is 22.5. The number of carbonyl (C=O) groups is 2. The maximum atomic E-state index is 12.6. The lowest BCUT2D eigenvalue weighted by molar-refractivity contribution is -0.306. The minimum absolute atomic E-state index is 0. The SMILES string of the molecule is C.CC1OC(O[C@H]2/C=C/C=C/C=C/C=C/C=C/C=C/C=C/[C@H](C)[C@@H](O)[C@@H](C)[C@H](C)OC(=O)C[C@H](O)C[C@H](O)CCC[C@H](O)C[C@H](O)C[C@]3(O)C[C@H](O)[C@@H](C(=O)O)[C@H](C2)O3)C(O)C(N)C1C. The van der Waals surface area contributed by atoms with Crippen LogP contribution < -0.4 is 5.73 Å². The Morgan fingerprint density at radius 1 is 0.692 bits per heavy atom. The summed E-state index contributed by atoms with van der Waals surface area (Å²) in [6.45, 7) is 8.93. The van der Waals surface area contributed by atoms with Crippen molar-refractivity contribution in [3.05, 3.63) is 85.1 Å². The van der Waals surface area contributed by atoms with Gasteiger partial charge in [0.25, 0.3) is 0 Å². The Balaban J connectivity index is 0.0000145. The van der Waals surface area contributed by atoms with E-state index in [0.717, 1.165) is 0 Å². The standard InChI is InChI=1S/C48H75NO15.CH4/c1-29-19-16-14-12-10-8-6-7-9-11-13-15-17-22-38(63-47-45(57)43(49)30(2)32(4)62-47)26-40-42(46(58)59)39(54)28-48(60,64-40)27-37(53)24-35(51)21-18-20-34(50)23-36(52)25-41(55)61-33(5)31(3)44(29)56;/h6-17,19,22,29-40,42-45,47,50-54,56-57,60H,18,20-21,23-28,49H2,1-5H3,(H,58,59);1H4/b7-6+,10-8+,11-9+,14-12+,15-13+,19-16+,22-17+;/t29-,30?,31-,32?,33-,34+,35-,36+,37-,38-,39-,40-,42+,43?,44+,45?,47?,48+;/m0./s1. The molecule has 0 radical (unpaired) electrons. The van der Waals surface area contributed by atoms with E-state index >= 15 is 0 Å². The number of hydrogen-bond acceptors (Lipinski definition) is 15. The van der Waals surface area contributed by atoms with Gasteiger partial charge >= 0.3 is 11.9 Å². The van der Waals surface area contributed by atoms with Gasteiger partial charge in [-0.05, 0) is 51.9 Å². The van der Waals surface area contributed by atoms with Crippen LogP contribution in [-0.2, 0) is 28.5 Å². The Bertz CT molecular complexity index is 1630. The van der Waals surface area contributed by atoms with Gasteiger partial charge in [0.1, 0.15) is 18.1 Å². The lowest BCUT2D eigenvalue weighted by Gasteiger charge is -2.45. The van der Waals surface area contributed by atoms with Crippen LogP contribution in [0.4, 0.5) is 0 Å². The summed E-state index contributed by atoms with van der Waals surface area (Å²) in [6.07, 6.45) is 10.7. The largest absolute Gasteiger partial charge is 0.481 e. The Hall–Kier alpha value is -3.36. The molecule has 0 spiro atoms. The number of hydrogen-bond donors (Lipinski definition) is 10. The third-order valence-electron chi connectivity index (χ3n) is 12.4. The molecule has 0 aromatic rings. The molecule has 2 bridgehead atoms. The van der Waals surface area contributed by atoms with E-state index in [9.17, 15) is 55.5 Å². The number of ether oxygens (including phenoxy) is 4. The normalized spacial score (nSPS) is 44.2. The highest BCUT2D eigenvalue weighted by atomic mass is 16.7. The number of aliphatic hydroxyl groups excluding tert-OH is 7. The van der Waals surface area contributed by atoms with E-state index in [4.69, 9.17) is 24.7 Å². The molecular formula is C49H79NO15. The molecular weight excluding hydrogens is 843 g/mol. The minimum atomic E-state index is -2.20. The molecule has 0 saturated carbocycles. The fourth-order valence-corrected chi connectivity index (χ4v) is 8.15. The number of nitrogens with two attached hydrogens (primary N) is 1. The second-order valence-corrected chi connectivity index (χ2v) is 17.8. The third-order valence-corrected chi connectivity index (χ3v) is 12.4. The van der Waals surface area contributed by atoms with Gasteiger partial charge in [-0.3, -0.25) is 9.59 Å². The molecule has 0 aromatic heterocycles. The molecule has 3 aliphatic rings. The second-order valence-electron chi connectivity index (χ2n) is 17.8. The van der Waals surface area contributed by atoms with Crippen LogP contribution in [0.25, 0.3) is 0 Å². The van der Waals surface area contributed by atoms with E-state index in [-0.39, 0.29) is 63.9 Å². The van der Waals surface area contributed by atoms with Crippen LogP contribution in [0.2, 0.25) is 0 Å².